The van der Waals surface area contributed by atoms with Crippen molar-refractivity contribution in [3.8, 4) is 0 Å². The Hall–Kier alpha value is -1.75. The maximum atomic E-state index is 11.8. The number of benzene rings is 1. The van der Waals surface area contributed by atoms with E-state index in [1.54, 1.807) is 11.9 Å². The van der Waals surface area contributed by atoms with Crippen LogP contribution in [0.3, 0.4) is 0 Å². The van der Waals surface area contributed by atoms with Crippen LogP contribution in [0.2, 0.25) is 5.02 Å². The van der Waals surface area contributed by atoms with Gasteiger partial charge in [0.2, 0.25) is 0 Å². The molecule has 1 N–H and O–H groups in total. The molecule has 0 fully saturated rings. The molecule has 0 spiro atoms. The van der Waals surface area contributed by atoms with E-state index in [0.717, 1.165) is 11.3 Å². The molecule has 0 bridgehead atoms. The van der Waals surface area contributed by atoms with Crippen LogP contribution >= 0.6 is 11.6 Å². The second-order valence-corrected chi connectivity index (χ2v) is 5.90. The quantitative estimate of drug-likeness (QED) is 0.930. The van der Waals surface area contributed by atoms with Crippen molar-refractivity contribution >= 4 is 23.3 Å². The number of likely N-dealkylation sites (N-methyl/N-ethyl adjacent to an activating group) is 1. The highest BCUT2D eigenvalue weighted by Crippen LogP contribution is 2.19. The third kappa shape index (κ3) is 4.36. The highest BCUT2D eigenvalue weighted by atomic mass is 35.5. The summed E-state index contributed by atoms with van der Waals surface area (Å²) in [5.74, 6) is 0. The van der Waals surface area contributed by atoms with Gasteiger partial charge in [0.15, 0.2) is 6.10 Å². The molecule has 5 nitrogen and oxygen atoms in total. The van der Waals surface area contributed by atoms with Crippen molar-refractivity contribution in [1.29, 1.82) is 0 Å². The van der Waals surface area contributed by atoms with Crippen molar-refractivity contribution in [1.82, 2.24) is 10.2 Å². The zero-order valence-electron chi connectivity index (χ0n) is 12.5. The van der Waals surface area contributed by atoms with Crippen LogP contribution in [0.15, 0.2) is 29.4 Å². The maximum Gasteiger partial charge on any atom is 0.317 e. The largest absolute Gasteiger partial charge is 0.390 e. The summed E-state index contributed by atoms with van der Waals surface area (Å²) in [5.41, 5.74) is 1.88. The van der Waals surface area contributed by atoms with E-state index in [1.165, 1.54) is 0 Å². The van der Waals surface area contributed by atoms with Gasteiger partial charge in [-0.1, -0.05) is 28.9 Å². The molecular weight excluding hydrogens is 290 g/mol. The lowest BCUT2D eigenvalue weighted by Gasteiger charge is -2.21. The topological polar surface area (TPSA) is 53.9 Å². The fourth-order valence-corrected chi connectivity index (χ4v) is 2.21. The van der Waals surface area contributed by atoms with E-state index in [4.69, 9.17) is 16.4 Å². The summed E-state index contributed by atoms with van der Waals surface area (Å²) in [4.78, 5) is 18.9. The van der Waals surface area contributed by atoms with Crippen LogP contribution in [0.5, 0.6) is 0 Å². The summed E-state index contributed by atoms with van der Waals surface area (Å²) < 4.78 is 0. The summed E-state index contributed by atoms with van der Waals surface area (Å²) in [6.07, 6.45) is 0.569. The summed E-state index contributed by atoms with van der Waals surface area (Å²) >= 11 is 5.87. The van der Waals surface area contributed by atoms with Gasteiger partial charge in [0.1, 0.15) is 0 Å². The molecule has 0 saturated carbocycles. The Kier molecular flexibility index (Phi) is 5.07. The molecule has 1 atom stereocenters. The predicted octanol–water partition coefficient (Wildman–Crippen LogP) is 2.88. The van der Waals surface area contributed by atoms with Gasteiger partial charge in [-0.15, -0.1) is 0 Å². The van der Waals surface area contributed by atoms with E-state index in [2.05, 4.69) is 10.5 Å². The number of carbonyl (C=O) groups excluding carboxylic acids is 1. The zero-order chi connectivity index (χ0) is 15.4. The van der Waals surface area contributed by atoms with Gasteiger partial charge in [-0.25, -0.2) is 4.79 Å². The average Bonchev–Trinajstić information content (AvgIpc) is 2.87. The van der Waals surface area contributed by atoms with Crippen molar-refractivity contribution in [2.24, 2.45) is 5.16 Å². The molecular formula is C15H20ClN3O2. The molecule has 6 heteroatoms. The molecule has 0 aromatic heterocycles. The first kappa shape index (κ1) is 15.6. The summed E-state index contributed by atoms with van der Waals surface area (Å²) in [6, 6.07) is 7.51. The van der Waals surface area contributed by atoms with Crippen LogP contribution in [0.4, 0.5) is 4.79 Å². The third-order valence-corrected chi connectivity index (χ3v) is 3.40. The summed E-state index contributed by atoms with van der Waals surface area (Å²) in [6.45, 7) is 4.36. The van der Waals surface area contributed by atoms with E-state index < -0.39 is 0 Å². The van der Waals surface area contributed by atoms with Gasteiger partial charge >= 0.3 is 6.03 Å². The molecule has 21 heavy (non-hydrogen) atoms. The van der Waals surface area contributed by atoms with Crippen molar-refractivity contribution < 1.29 is 9.63 Å². The van der Waals surface area contributed by atoms with Gasteiger partial charge in [0.25, 0.3) is 0 Å². The first-order valence-corrected chi connectivity index (χ1v) is 7.33. The molecule has 0 radical (unpaired) electrons. The van der Waals surface area contributed by atoms with Crippen LogP contribution in [0.1, 0.15) is 25.8 Å². The molecule has 1 heterocycles. The molecule has 0 aliphatic carbocycles. The van der Waals surface area contributed by atoms with Gasteiger partial charge in [-0.3, -0.25) is 0 Å². The average molecular weight is 310 g/mol. The third-order valence-electron chi connectivity index (χ3n) is 3.15. The second-order valence-electron chi connectivity index (χ2n) is 5.46. The predicted molar refractivity (Wildman–Crippen MR) is 83.8 cm³/mol. The van der Waals surface area contributed by atoms with Crippen LogP contribution < -0.4 is 5.32 Å². The van der Waals surface area contributed by atoms with Gasteiger partial charge in [0.05, 0.1) is 12.3 Å². The molecule has 114 valence electrons. The van der Waals surface area contributed by atoms with Crippen molar-refractivity contribution in [2.45, 2.75) is 32.4 Å². The molecule has 2 rings (SSSR count). The number of hydrogen-bond donors (Lipinski definition) is 1. The van der Waals surface area contributed by atoms with E-state index in [-0.39, 0.29) is 18.2 Å². The smallest absolute Gasteiger partial charge is 0.317 e. The molecule has 0 saturated heterocycles. The zero-order valence-corrected chi connectivity index (χ0v) is 13.2. The normalized spacial score (nSPS) is 17.4. The molecule has 1 aromatic carbocycles. The lowest BCUT2D eigenvalue weighted by atomic mass is 10.1. The minimum Gasteiger partial charge on any atom is -0.390 e. The van der Waals surface area contributed by atoms with E-state index >= 15 is 0 Å². The Balaban J connectivity index is 1.87. The van der Waals surface area contributed by atoms with Crippen LogP contribution in [0.25, 0.3) is 0 Å². The maximum absolute atomic E-state index is 11.8. The van der Waals surface area contributed by atoms with Gasteiger partial charge in [-0.05, 0) is 31.5 Å². The number of halogens is 1. The van der Waals surface area contributed by atoms with Gasteiger partial charge in [0, 0.05) is 24.5 Å². The Bertz CT molecular complexity index is 528. The Labute approximate surface area is 129 Å². The first-order chi connectivity index (χ1) is 9.95. The molecule has 1 aliphatic rings. The molecule has 2 amide bonds. The van der Waals surface area contributed by atoms with Crippen molar-refractivity contribution in [2.75, 3.05) is 13.6 Å². The minimum atomic E-state index is -0.112. The Morgan fingerprint density at radius 1 is 1.48 bits per heavy atom. The van der Waals surface area contributed by atoms with Crippen LogP contribution in [-0.4, -0.2) is 42.4 Å². The second kappa shape index (κ2) is 6.80. The number of nitrogens with one attached hydrogen (secondary N) is 1. The molecule has 1 unspecified atom stereocenters. The standard InChI is InChI=1S/C15H20ClN3O2/c1-10(2)17-15(20)19(3)9-13-8-14(18-21-13)11-4-6-12(16)7-5-11/h4-7,10,13H,8-9H2,1-3H3,(H,17,20). The van der Waals surface area contributed by atoms with E-state index in [1.807, 2.05) is 38.1 Å². The lowest BCUT2D eigenvalue weighted by Crippen LogP contribution is -2.43. The Morgan fingerprint density at radius 3 is 2.76 bits per heavy atom. The fourth-order valence-electron chi connectivity index (χ4n) is 2.08. The number of nitrogens with zero attached hydrogens (tertiary/aromatic N) is 2. The van der Waals surface area contributed by atoms with Crippen molar-refractivity contribution in [3.05, 3.63) is 34.9 Å². The number of hydrogen-bond acceptors (Lipinski definition) is 3. The number of urea groups is 1. The number of oxime groups is 1. The van der Waals surface area contributed by atoms with Crippen molar-refractivity contribution in [3.63, 3.8) is 0 Å². The van der Waals surface area contributed by atoms with E-state index in [9.17, 15) is 4.79 Å². The van der Waals surface area contributed by atoms with E-state index in [0.29, 0.717) is 18.0 Å². The van der Waals surface area contributed by atoms with Gasteiger partial charge in [-0.2, -0.15) is 0 Å². The monoisotopic (exact) mass is 309 g/mol. The number of carbonyl (C=O) groups is 1. The summed E-state index contributed by atoms with van der Waals surface area (Å²) in [5, 5.41) is 7.64. The first-order valence-electron chi connectivity index (χ1n) is 6.96. The molecule has 1 aromatic rings. The fraction of sp³-hybridized carbons (Fsp3) is 0.467. The highest BCUT2D eigenvalue weighted by Gasteiger charge is 2.25. The van der Waals surface area contributed by atoms with Crippen LogP contribution in [-0.2, 0) is 4.84 Å². The molecule has 1 aliphatic heterocycles. The SMILES string of the molecule is CC(C)NC(=O)N(C)CC1CC(c2ccc(Cl)cc2)=NO1. The highest BCUT2D eigenvalue weighted by molar-refractivity contribution is 6.30. The Morgan fingerprint density at radius 2 is 2.14 bits per heavy atom. The summed E-state index contributed by atoms with van der Waals surface area (Å²) in [7, 11) is 1.75. The number of rotatable bonds is 4. The minimum absolute atomic E-state index is 0.103. The van der Waals surface area contributed by atoms with Gasteiger partial charge < -0.3 is 15.1 Å². The van der Waals surface area contributed by atoms with Crippen LogP contribution in [0, 0.1) is 0 Å². The number of amides is 2. The lowest BCUT2D eigenvalue weighted by molar-refractivity contribution is 0.0655.